The number of likely N-dealkylation sites (tertiary alicyclic amines) is 1. The van der Waals surface area contributed by atoms with Gasteiger partial charge in [0.25, 0.3) is 0 Å². The fraction of sp³-hybridized carbons (Fsp3) is 1.00. The molecule has 0 aromatic carbocycles. The first kappa shape index (κ1) is 14.3. The molecule has 2 aliphatic rings. The molecule has 0 radical (unpaired) electrons. The maximum absolute atomic E-state index is 3.56. The predicted octanol–water partition coefficient (Wildman–Crippen LogP) is 3.13. The highest BCUT2D eigenvalue weighted by molar-refractivity contribution is 4.82. The van der Waals surface area contributed by atoms with E-state index in [2.05, 4.69) is 31.0 Å². The van der Waals surface area contributed by atoms with Crippen LogP contribution in [0.3, 0.4) is 0 Å². The number of hydrogen-bond donors (Lipinski definition) is 1. The van der Waals surface area contributed by atoms with E-state index in [-0.39, 0.29) is 0 Å². The minimum atomic E-state index is 0.833. The van der Waals surface area contributed by atoms with Gasteiger partial charge in [-0.25, -0.2) is 0 Å². The van der Waals surface area contributed by atoms with Crippen LogP contribution in [0.1, 0.15) is 52.9 Å². The summed E-state index contributed by atoms with van der Waals surface area (Å²) in [6.45, 7) is 12.4. The van der Waals surface area contributed by atoms with Crippen molar-refractivity contribution in [3.63, 3.8) is 0 Å². The second-order valence-electron chi connectivity index (χ2n) is 6.86. The topological polar surface area (TPSA) is 15.3 Å². The van der Waals surface area contributed by atoms with Gasteiger partial charge in [-0.3, -0.25) is 0 Å². The lowest BCUT2D eigenvalue weighted by molar-refractivity contribution is 0.175. The van der Waals surface area contributed by atoms with Gasteiger partial charge in [-0.15, -0.1) is 0 Å². The van der Waals surface area contributed by atoms with E-state index in [0.717, 1.165) is 23.8 Å². The Balaban J connectivity index is 1.73. The Hall–Kier alpha value is -0.0800. The fourth-order valence-electron chi connectivity index (χ4n) is 3.85. The Bertz CT molecular complexity index is 233. The van der Waals surface area contributed by atoms with Crippen LogP contribution in [0.25, 0.3) is 0 Å². The van der Waals surface area contributed by atoms with Gasteiger partial charge in [0.1, 0.15) is 0 Å². The molecule has 0 aromatic heterocycles. The molecule has 0 aliphatic carbocycles. The average molecular weight is 252 g/mol. The zero-order chi connectivity index (χ0) is 13.0. The van der Waals surface area contributed by atoms with Gasteiger partial charge in [0, 0.05) is 6.04 Å². The molecule has 0 spiro atoms. The molecule has 3 atom stereocenters. The van der Waals surface area contributed by atoms with E-state index in [9.17, 15) is 0 Å². The Morgan fingerprint density at radius 2 is 2.00 bits per heavy atom. The van der Waals surface area contributed by atoms with Gasteiger partial charge in [0.15, 0.2) is 0 Å². The summed E-state index contributed by atoms with van der Waals surface area (Å²) in [5.74, 6) is 2.66. The highest BCUT2D eigenvalue weighted by Gasteiger charge is 2.28. The molecule has 18 heavy (non-hydrogen) atoms. The molecule has 2 heterocycles. The molecule has 0 aromatic rings. The lowest BCUT2D eigenvalue weighted by Crippen LogP contribution is -2.37. The van der Waals surface area contributed by atoms with Gasteiger partial charge in [0.2, 0.25) is 0 Å². The van der Waals surface area contributed by atoms with E-state index in [1.807, 2.05) is 0 Å². The third-order valence-electron chi connectivity index (χ3n) is 5.20. The number of piperidine rings is 1. The molecule has 0 amide bonds. The number of nitrogens with one attached hydrogen (secondary N) is 1. The number of rotatable bonds is 5. The molecule has 0 bridgehead atoms. The zero-order valence-corrected chi connectivity index (χ0v) is 12.6. The Labute approximate surface area is 114 Å². The maximum atomic E-state index is 3.56. The van der Waals surface area contributed by atoms with Crippen molar-refractivity contribution in [1.82, 2.24) is 10.2 Å². The summed E-state index contributed by atoms with van der Waals surface area (Å²) in [6, 6.07) is 0.863. The van der Waals surface area contributed by atoms with Crippen molar-refractivity contribution >= 4 is 0 Å². The van der Waals surface area contributed by atoms with E-state index >= 15 is 0 Å². The Kier molecular flexibility index (Phi) is 5.50. The molecule has 106 valence electrons. The number of hydrogen-bond acceptors (Lipinski definition) is 2. The summed E-state index contributed by atoms with van der Waals surface area (Å²) in [5, 5.41) is 3.56. The summed E-state index contributed by atoms with van der Waals surface area (Å²) >= 11 is 0. The van der Waals surface area contributed by atoms with Crippen LogP contribution in [-0.2, 0) is 0 Å². The normalized spacial score (nSPS) is 32.0. The summed E-state index contributed by atoms with van der Waals surface area (Å²) in [7, 11) is 0. The van der Waals surface area contributed by atoms with Crippen LogP contribution in [0.2, 0.25) is 0 Å². The van der Waals surface area contributed by atoms with Gasteiger partial charge in [-0.2, -0.15) is 0 Å². The lowest BCUT2D eigenvalue weighted by Gasteiger charge is -2.32. The van der Waals surface area contributed by atoms with Gasteiger partial charge < -0.3 is 10.2 Å². The Morgan fingerprint density at radius 3 is 2.67 bits per heavy atom. The van der Waals surface area contributed by atoms with Crippen LogP contribution in [0, 0.1) is 17.8 Å². The van der Waals surface area contributed by atoms with Crippen molar-refractivity contribution in [1.29, 1.82) is 0 Å². The van der Waals surface area contributed by atoms with Gasteiger partial charge in [0.05, 0.1) is 0 Å². The maximum Gasteiger partial charge on any atom is 0.0119 e. The first-order chi connectivity index (χ1) is 8.68. The molecule has 2 fully saturated rings. The summed E-state index contributed by atoms with van der Waals surface area (Å²) < 4.78 is 0. The zero-order valence-electron chi connectivity index (χ0n) is 12.6. The molecule has 0 saturated carbocycles. The van der Waals surface area contributed by atoms with Crippen molar-refractivity contribution < 1.29 is 0 Å². The third kappa shape index (κ3) is 3.71. The third-order valence-corrected chi connectivity index (χ3v) is 5.20. The predicted molar refractivity (Wildman–Crippen MR) is 78.8 cm³/mol. The summed E-state index contributed by atoms with van der Waals surface area (Å²) in [4.78, 5) is 2.76. The quantitative estimate of drug-likeness (QED) is 0.809. The van der Waals surface area contributed by atoms with E-state index in [4.69, 9.17) is 0 Å². The molecule has 2 saturated heterocycles. The van der Waals surface area contributed by atoms with E-state index in [1.165, 1.54) is 58.3 Å². The van der Waals surface area contributed by atoms with Crippen molar-refractivity contribution in [2.45, 2.75) is 58.9 Å². The van der Waals surface area contributed by atoms with Crippen molar-refractivity contribution in [2.24, 2.45) is 17.8 Å². The first-order valence-electron chi connectivity index (χ1n) is 8.13. The van der Waals surface area contributed by atoms with Crippen LogP contribution in [0.15, 0.2) is 0 Å². The average Bonchev–Trinajstić information content (AvgIpc) is 2.85. The lowest BCUT2D eigenvalue weighted by atomic mass is 9.85. The van der Waals surface area contributed by atoms with Gasteiger partial charge in [-0.05, 0) is 76.0 Å². The Morgan fingerprint density at radius 1 is 1.17 bits per heavy atom. The standard InChI is InChI=1S/C16H32N2/c1-13(2)16-7-5-10-18(16)11-8-14(3)15-6-4-9-17-12-15/h13-17H,4-12H2,1-3H3. The van der Waals surface area contributed by atoms with Crippen LogP contribution < -0.4 is 5.32 Å². The van der Waals surface area contributed by atoms with Crippen molar-refractivity contribution in [3.05, 3.63) is 0 Å². The molecule has 3 unspecified atom stereocenters. The largest absolute Gasteiger partial charge is 0.316 e. The number of nitrogens with zero attached hydrogens (tertiary/aromatic N) is 1. The van der Waals surface area contributed by atoms with E-state index in [1.54, 1.807) is 0 Å². The molecule has 2 rings (SSSR count). The molecule has 1 N–H and O–H groups in total. The van der Waals surface area contributed by atoms with Crippen LogP contribution in [-0.4, -0.2) is 37.1 Å². The SMILES string of the molecule is CC(C)C1CCCN1CCC(C)C1CCCNC1. The molecule has 2 nitrogen and oxygen atoms in total. The van der Waals surface area contributed by atoms with Crippen LogP contribution in [0.5, 0.6) is 0 Å². The summed E-state index contributed by atoms with van der Waals surface area (Å²) in [6.07, 6.45) is 7.07. The monoisotopic (exact) mass is 252 g/mol. The van der Waals surface area contributed by atoms with Crippen LogP contribution >= 0.6 is 0 Å². The minimum absolute atomic E-state index is 0.833. The van der Waals surface area contributed by atoms with Crippen LogP contribution in [0.4, 0.5) is 0 Å². The second-order valence-corrected chi connectivity index (χ2v) is 6.86. The first-order valence-corrected chi connectivity index (χ1v) is 8.13. The second kappa shape index (κ2) is 6.91. The van der Waals surface area contributed by atoms with Gasteiger partial charge >= 0.3 is 0 Å². The molecular formula is C16H32N2. The van der Waals surface area contributed by atoms with E-state index in [0.29, 0.717) is 0 Å². The molecule has 2 aliphatic heterocycles. The molecule has 2 heteroatoms. The fourth-order valence-corrected chi connectivity index (χ4v) is 3.85. The van der Waals surface area contributed by atoms with Crippen molar-refractivity contribution in [3.8, 4) is 0 Å². The minimum Gasteiger partial charge on any atom is -0.316 e. The van der Waals surface area contributed by atoms with Crippen molar-refractivity contribution in [2.75, 3.05) is 26.2 Å². The smallest absolute Gasteiger partial charge is 0.0119 e. The van der Waals surface area contributed by atoms with E-state index < -0.39 is 0 Å². The highest BCUT2D eigenvalue weighted by atomic mass is 15.2. The van der Waals surface area contributed by atoms with Gasteiger partial charge in [-0.1, -0.05) is 20.8 Å². The molecular weight excluding hydrogens is 220 g/mol. The summed E-state index contributed by atoms with van der Waals surface area (Å²) in [5.41, 5.74) is 0. The highest BCUT2D eigenvalue weighted by Crippen LogP contribution is 2.27.